The molecule has 0 unspecified atom stereocenters. The highest BCUT2D eigenvalue weighted by Crippen LogP contribution is 2.26. The van der Waals surface area contributed by atoms with Gasteiger partial charge in [-0.2, -0.15) is 0 Å². The zero-order valence-corrected chi connectivity index (χ0v) is 79.5. The van der Waals surface area contributed by atoms with Gasteiger partial charge in [0.15, 0.2) is 0 Å². The number of unbranched alkanes of at least 4 members (excludes halogenated alkanes) is 2. The van der Waals surface area contributed by atoms with Gasteiger partial charge in [-0.05, 0) is 94.5 Å². The second-order valence-electron chi connectivity index (χ2n) is 31.0. The second-order valence-corrected chi connectivity index (χ2v) is 31.0. The largest absolute Gasteiger partial charge is 0.506 e. The van der Waals surface area contributed by atoms with Crippen LogP contribution in [0.1, 0.15) is 103 Å². The van der Waals surface area contributed by atoms with Crippen LogP contribution < -0.4 is 58.5 Å². The molecule has 3 aromatic carbocycles. The Morgan fingerprint density at radius 2 is 0.787 bits per heavy atom. The highest BCUT2D eigenvalue weighted by molar-refractivity contribution is 5.96. The Labute approximate surface area is 795 Å². The Morgan fingerprint density at radius 1 is 0.375 bits per heavy atom. The first-order chi connectivity index (χ1) is 65.8. The summed E-state index contributed by atoms with van der Waals surface area (Å²) in [5.74, 6) is -6.73. The lowest BCUT2D eigenvalue weighted by Crippen LogP contribution is -2.64. The number of aliphatic carboxylic acids is 1. The molecule has 0 fully saturated rings. The highest BCUT2D eigenvalue weighted by atomic mass is 16.6. The molecule has 0 saturated heterocycles. The molecule has 0 radical (unpaired) electrons. The van der Waals surface area contributed by atoms with Crippen LogP contribution in [-0.2, 0) is 153 Å². The zero-order chi connectivity index (χ0) is 99.0. The van der Waals surface area contributed by atoms with Gasteiger partial charge in [-0.25, -0.2) is 19.2 Å². The number of carbonyl (C=O) groups excluding carboxylic acids is 11. The monoisotopic (exact) mass is 1940 g/mol. The molecule has 3 aromatic rings. The lowest BCUT2D eigenvalue weighted by Gasteiger charge is -2.27. The van der Waals surface area contributed by atoms with Crippen molar-refractivity contribution in [3.63, 3.8) is 0 Å². The number of anilines is 1. The van der Waals surface area contributed by atoms with E-state index in [4.69, 9.17) is 94.7 Å². The molecule has 11 amide bonds. The summed E-state index contributed by atoms with van der Waals surface area (Å²) in [5, 5.41) is 48.2. The lowest BCUT2D eigenvalue weighted by molar-refractivity contribution is -0.141. The summed E-state index contributed by atoms with van der Waals surface area (Å²) in [6, 6.07) is 16.4. The number of carbonyl (C=O) groups is 12. The molecule has 13 N–H and O–H groups in total. The second kappa shape index (κ2) is 79.7. The fourth-order valence-corrected chi connectivity index (χ4v) is 11.5. The van der Waals surface area contributed by atoms with Crippen LogP contribution >= 0.6 is 0 Å². The molecule has 0 bridgehead atoms. The third-order valence-corrected chi connectivity index (χ3v) is 18.4. The molecule has 5 atom stereocenters. The standard InChI is InChI=1S/C91H147N11O34/c1-7-8-26-93-83(108)74(22-15-16-27-92-80(107)68-132-58-57-130-54-53-128-50-49-126-46-45-125-44-43-123-40-39-121-36-35-119-32-31-117-6)99-79(106)65-97-78(105)64-96-77(104)23-17-28-94-84(109)81(101-88(114)134-66-70-18-11-9-12-19-70)82(102-89(115)135-67-71-20-13-10-14-21-71)85(110)95-29-30-118-33-34-120-37-38-122-41-42-124-47-48-127-51-52-129-55-56-131-59-60-133-87(113)100-75-63-72(24-25-76(75)103)62-73(61-69(2)86(111)112)98-90(116)136-91(3,4)5/h9-14,18-21,24-25,63,69,73-74,81-82,103H,7-8,15-17,22-23,26-62,64-68H2,1-6H3,(H,92,107)(H,93,108)(H,94,109)(H,95,110)(H,96,104)(H,97,105)(H,98,116)(H,99,106)(H,100,113)(H,101,114)(H,102,115)(H,111,112)/t69-,73+,74-,81-,82-/m0/s1. The molecule has 0 aliphatic carbocycles. The van der Waals surface area contributed by atoms with E-state index in [0.717, 1.165) is 6.42 Å². The normalized spacial score (nSPS) is 12.3. The van der Waals surface area contributed by atoms with Crippen LogP contribution in [0, 0.1) is 5.92 Å². The van der Waals surface area contributed by atoms with E-state index in [1.165, 1.54) is 19.1 Å². The molecule has 45 nitrogen and oxygen atoms in total. The van der Waals surface area contributed by atoms with Crippen molar-refractivity contribution in [3.8, 4) is 5.75 Å². The summed E-state index contributed by atoms with van der Waals surface area (Å²) < 4.78 is 109. The van der Waals surface area contributed by atoms with Crippen molar-refractivity contribution in [1.29, 1.82) is 0 Å². The van der Waals surface area contributed by atoms with Crippen molar-refractivity contribution in [2.75, 3.05) is 263 Å². The van der Waals surface area contributed by atoms with Crippen LogP contribution in [0.25, 0.3) is 0 Å². The van der Waals surface area contributed by atoms with Gasteiger partial charge in [0.1, 0.15) is 55.9 Å². The van der Waals surface area contributed by atoms with Crippen LogP contribution in [-0.4, -0.2) is 369 Å². The molecular weight excluding hydrogens is 1790 g/mol. The fraction of sp³-hybridized carbons (Fsp3) is 0.670. The van der Waals surface area contributed by atoms with Crippen molar-refractivity contribution in [1.82, 2.24) is 53.2 Å². The predicted molar refractivity (Wildman–Crippen MR) is 491 cm³/mol. The van der Waals surface area contributed by atoms with Gasteiger partial charge in [-0.3, -0.25) is 43.7 Å². The average molecular weight is 1940 g/mol. The van der Waals surface area contributed by atoms with Crippen molar-refractivity contribution >= 4 is 77.4 Å². The summed E-state index contributed by atoms with van der Waals surface area (Å²) >= 11 is 0. The number of carboxylic acids is 1. The topological polar surface area (TPSA) is 562 Å². The molecule has 0 aromatic heterocycles. The Morgan fingerprint density at radius 3 is 1.24 bits per heavy atom. The Hall–Kier alpha value is -10.3. The Balaban J connectivity index is 1.31. The van der Waals surface area contributed by atoms with E-state index in [2.05, 4.69) is 58.5 Å². The number of nitrogens with one attached hydrogen (secondary N) is 11. The smallest absolute Gasteiger partial charge is 0.411 e. The van der Waals surface area contributed by atoms with Crippen LogP contribution in [0.2, 0.25) is 0 Å². The molecule has 0 saturated carbocycles. The van der Waals surface area contributed by atoms with Crippen molar-refractivity contribution < 1.29 is 162 Å². The molecule has 0 aliphatic heterocycles. The number of alkyl carbamates (subject to hydrolysis) is 3. The molecule has 136 heavy (non-hydrogen) atoms. The number of rotatable bonds is 84. The van der Waals surface area contributed by atoms with Crippen molar-refractivity contribution in [3.05, 3.63) is 95.6 Å². The van der Waals surface area contributed by atoms with E-state index < -0.39 is 115 Å². The van der Waals surface area contributed by atoms with Crippen molar-refractivity contribution in [2.45, 2.75) is 135 Å². The Bertz CT molecular complexity index is 3730. The van der Waals surface area contributed by atoms with Gasteiger partial charge in [0, 0.05) is 45.8 Å². The maximum absolute atomic E-state index is 14.1. The third kappa shape index (κ3) is 67.0. The predicted octanol–water partition coefficient (Wildman–Crippen LogP) is 2.91. The number of carboxylic acid groups (broad SMARTS) is 1. The summed E-state index contributed by atoms with van der Waals surface area (Å²) in [4.78, 5) is 156. The number of methoxy groups -OCH3 is 1. The SMILES string of the molecule is CCCCNC(=O)[C@H](CCCCNC(=O)COCCOCCOCCOCCOCCOCCOCCOCCOC)NC(=O)CNC(=O)CNC(=O)CCCNC(=O)[C@@H](NC(=O)OCc1ccccc1)[C@H](NC(=O)OCc1ccccc1)C(=O)NCCOCCOCCOCCOCCOCCOCCOCCOC(=O)Nc1cc(C[C@@H](C[C@H](C)C(=O)O)NC(=O)OC(C)(C)C)ccc1O. The van der Waals surface area contributed by atoms with Crippen LogP contribution in [0.15, 0.2) is 78.9 Å². The van der Waals surface area contributed by atoms with Crippen LogP contribution in [0.3, 0.4) is 0 Å². The zero-order valence-electron chi connectivity index (χ0n) is 79.5. The van der Waals surface area contributed by atoms with Gasteiger partial charge in [0.2, 0.25) is 41.4 Å². The van der Waals surface area contributed by atoms with Crippen molar-refractivity contribution in [2.24, 2.45) is 5.92 Å². The number of benzene rings is 3. The number of ether oxygens (including phenoxy) is 20. The van der Waals surface area contributed by atoms with Gasteiger partial charge in [0.25, 0.3) is 0 Å². The number of phenols is 1. The molecule has 0 aliphatic rings. The molecule has 0 spiro atoms. The minimum absolute atomic E-state index is 0.0211. The number of phenolic OH excluding ortho intramolecular Hbond substituents is 1. The van der Waals surface area contributed by atoms with Gasteiger partial charge in [-0.1, -0.05) is 87.0 Å². The maximum atomic E-state index is 14.1. The molecule has 45 heteroatoms. The van der Waals surface area contributed by atoms with Gasteiger partial charge in [0.05, 0.1) is 223 Å². The van der Waals surface area contributed by atoms with E-state index in [0.29, 0.717) is 168 Å². The number of hydrogen-bond donors (Lipinski definition) is 13. The number of hydrogen-bond acceptors (Lipinski definition) is 33. The van der Waals surface area contributed by atoms with E-state index >= 15 is 0 Å². The number of aromatic hydroxyl groups is 1. The third-order valence-electron chi connectivity index (χ3n) is 18.4. The quantitative estimate of drug-likeness (QED) is 0.0219. The maximum Gasteiger partial charge on any atom is 0.411 e. The summed E-state index contributed by atoms with van der Waals surface area (Å²) in [7, 11) is 1.62. The summed E-state index contributed by atoms with van der Waals surface area (Å²) in [5.41, 5.74) is 1.07. The summed E-state index contributed by atoms with van der Waals surface area (Å²) in [6.07, 6.45) is -1.14. The fourth-order valence-electron chi connectivity index (χ4n) is 11.5. The summed E-state index contributed by atoms with van der Waals surface area (Å²) in [6.45, 7) is 16.9. The van der Waals surface area contributed by atoms with Crippen LogP contribution in [0.5, 0.6) is 5.75 Å². The Kier molecular flexibility index (Phi) is 70.2. The van der Waals surface area contributed by atoms with Crippen LogP contribution in [0.4, 0.5) is 24.9 Å². The van der Waals surface area contributed by atoms with E-state index in [-0.39, 0.29) is 168 Å². The van der Waals surface area contributed by atoms with E-state index in [1.807, 2.05) is 6.92 Å². The minimum atomic E-state index is -1.84. The average Bonchev–Trinajstić information content (AvgIpc) is 0.850. The molecule has 0 heterocycles. The molecule has 770 valence electrons. The first-order valence-corrected chi connectivity index (χ1v) is 45.9. The first kappa shape index (κ1) is 120. The molecular formula is C91H147N11O34. The van der Waals surface area contributed by atoms with E-state index in [9.17, 15) is 67.7 Å². The van der Waals surface area contributed by atoms with Gasteiger partial charge >= 0.3 is 30.3 Å². The minimum Gasteiger partial charge on any atom is -0.506 e. The van der Waals surface area contributed by atoms with E-state index in [1.54, 1.807) is 94.6 Å². The lowest BCUT2D eigenvalue weighted by atomic mass is 9.96. The highest BCUT2D eigenvalue weighted by Gasteiger charge is 2.38. The first-order valence-electron chi connectivity index (χ1n) is 45.9. The molecule has 3 rings (SSSR count). The number of amides is 11. The van der Waals surface area contributed by atoms with Gasteiger partial charge < -0.3 is 158 Å². The van der Waals surface area contributed by atoms with Gasteiger partial charge in [-0.15, -0.1) is 0 Å².